The summed E-state index contributed by atoms with van der Waals surface area (Å²) in [5.41, 5.74) is 0.598. The number of urea groups is 1. The Morgan fingerprint density at radius 1 is 1.52 bits per heavy atom. The van der Waals surface area contributed by atoms with Crippen molar-refractivity contribution in [3.63, 3.8) is 0 Å². The summed E-state index contributed by atoms with van der Waals surface area (Å²) in [5, 5.41) is 18.9. The van der Waals surface area contributed by atoms with Gasteiger partial charge in [0.25, 0.3) is 0 Å². The molecule has 1 aromatic heterocycles. The minimum atomic E-state index is -1.19. The fourth-order valence-corrected chi connectivity index (χ4v) is 2.46. The van der Waals surface area contributed by atoms with Gasteiger partial charge in [-0.2, -0.15) is 5.10 Å². The molecule has 7 nitrogen and oxygen atoms in total. The highest BCUT2D eigenvalue weighted by molar-refractivity contribution is 5.86. The number of carboxylic acid groups (broad SMARTS) is 1. The minimum absolute atomic E-state index is 0.0177. The number of nitrogens with one attached hydrogen (secondary N) is 2. The highest BCUT2D eigenvalue weighted by Gasteiger charge is 2.48. The van der Waals surface area contributed by atoms with Crippen molar-refractivity contribution >= 4 is 12.0 Å². The van der Waals surface area contributed by atoms with Gasteiger partial charge in [-0.05, 0) is 45.6 Å². The number of hydrogen-bond acceptors (Lipinski definition) is 3. The summed E-state index contributed by atoms with van der Waals surface area (Å²) < 4.78 is 1.81. The first-order chi connectivity index (χ1) is 9.86. The summed E-state index contributed by atoms with van der Waals surface area (Å²) in [6, 6.07) is 1.44. The third kappa shape index (κ3) is 3.34. The van der Waals surface area contributed by atoms with Gasteiger partial charge in [0, 0.05) is 6.54 Å². The van der Waals surface area contributed by atoms with Crippen LogP contribution in [0.2, 0.25) is 0 Å². The lowest BCUT2D eigenvalue weighted by Crippen LogP contribution is -2.56. The zero-order chi connectivity index (χ0) is 15.6. The molecule has 1 saturated carbocycles. The number of carbonyl (C=O) groups is 2. The molecule has 7 heteroatoms. The van der Waals surface area contributed by atoms with E-state index in [2.05, 4.69) is 15.7 Å². The molecule has 1 heterocycles. The van der Waals surface area contributed by atoms with Crippen LogP contribution in [0, 0.1) is 12.8 Å². The van der Waals surface area contributed by atoms with Crippen molar-refractivity contribution in [2.75, 3.05) is 0 Å². The van der Waals surface area contributed by atoms with E-state index in [0.29, 0.717) is 6.54 Å². The molecule has 0 aromatic carbocycles. The predicted molar refractivity (Wildman–Crippen MR) is 76.8 cm³/mol. The SMILES string of the molecule is CCn1nc(C)cc1CNC(=O)NC(C)(C(=O)O)C1CC1. The Bertz CT molecular complexity index is 550. The number of carbonyl (C=O) groups excluding carboxylic acids is 1. The van der Waals surface area contributed by atoms with Gasteiger partial charge in [-0.1, -0.05) is 0 Å². The fourth-order valence-electron chi connectivity index (χ4n) is 2.46. The van der Waals surface area contributed by atoms with Crippen LogP contribution in [0.15, 0.2) is 6.07 Å². The lowest BCUT2D eigenvalue weighted by molar-refractivity contribution is -0.144. The molecule has 2 amide bonds. The number of aryl methyl sites for hydroxylation is 2. The van der Waals surface area contributed by atoms with Crippen molar-refractivity contribution in [1.29, 1.82) is 0 Å². The number of aromatic nitrogens is 2. The average Bonchev–Trinajstić information content (AvgIpc) is 3.20. The Morgan fingerprint density at radius 3 is 2.71 bits per heavy atom. The molecule has 1 aliphatic carbocycles. The smallest absolute Gasteiger partial charge is 0.329 e. The van der Waals surface area contributed by atoms with Crippen molar-refractivity contribution in [2.45, 2.75) is 52.2 Å². The van der Waals surface area contributed by atoms with Crippen LogP contribution in [0.1, 0.15) is 38.1 Å². The Morgan fingerprint density at radius 2 is 2.19 bits per heavy atom. The summed E-state index contributed by atoms with van der Waals surface area (Å²) in [6.07, 6.45) is 1.68. The zero-order valence-electron chi connectivity index (χ0n) is 12.6. The molecule has 1 fully saturated rings. The molecule has 0 radical (unpaired) electrons. The van der Waals surface area contributed by atoms with E-state index in [4.69, 9.17) is 0 Å². The average molecular weight is 294 g/mol. The molecule has 0 bridgehead atoms. The maximum Gasteiger partial charge on any atom is 0.329 e. The van der Waals surface area contributed by atoms with E-state index >= 15 is 0 Å². The van der Waals surface area contributed by atoms with E-state index in [1.165, 1.54) is 0 Å². The lowest BCUT2D eigenvalue weighted by atomic mass is 9.96. The van der Waals surface area contributed by atoms with Crippen LogP contribution in [0.4, 0.5) is 4.79 Å². The van der Waals surface area contributed by atoms with Gasteiger partial charge in [0.05, 0.1) is 17.9 Å². The van der Waals surface area contributed by atoms with Gasteiger partial charge in [0.1, 0.15) is 5.54 Å². The first-order valence-corrected chi connectivity index (χ1v) is 7.19. The minimum Gasteiger partial charge on any atom is -0.480 e. The maximum absolute atomic E-state index is 12.0. The summed E-state index contributed by atoms with van der Waals surface area (Å²) in [6.45, 7) is 6.48. The standard InChI is InChI=1S/C14H22N4O3/c1-4-18-11(7-9(2)17-18)8-15-13(21)16-14(3,12(19)20)10-5-6-10/h7,10H,4-6,8H2,1-3H3,(H,19,20)(H2,15,16,21). The van der Waals surface area contributed by atoms with Crippen molar-refractivity contribution in [2.24, 2.45) is 5.92 Å². The number of nitrogens with zero attached hydrogens (tertiary/aromatic N) is 2. The van der Waals surface area contributed by atoms with Gasteiger partial charge in [0.15, 0.2) is 0 Å². The van der Waals surface area contributed by atoms with Gasteiger partial charge in [-0.25, -0.2) is 9.59 Å². The molecule has 1 aromatic rings. The molecule has 116 valence electrons. The van der Waals surface area contributed by atoms with E-state index in [1.807, 2.05) is 24.6 Å². The quantitative estimate of drug-likeness (QED) is 0.736. The summed E-state index contributed by atoms with van der Waals surface area (Å²) in [7, 11) is 0. The van der Waals surface area contributed by atoms with E-state index in [-0.39, 0.29) is 5.92 Å². The molecule has 1 aliphatic rings. The Balaban J connectivity index is 1.94. The second-order valence-electron chi connectivity index (χ2n) is 5.68. The van der Waals surface area contributed by atoms with Crippen molar-refractivity contribution < 1.29 is 14.7 Å². The molecule has 2 rings (SSSR count). The van der Waals surface area contributed by atoms with Crippen LogP contribution in [0.3, 0.4) is 0 Å². The summed E-state index contributed by atoms with van der Waals surface area (Å²) in [4.78, 5) is 23.3. The van der Waals surface area contributed by atoms with E-state index < -0.39 is 17.5 Å². The van der Waals surface area contributed by atoms with Crippen LogP contribution in [-0.2, 0) is 17.9 Å². The lowest BCUT2D eigenvalue weighted by Gasteiger charge is -2.26. The maximum atomic E-state index is 12.0. The number of rotatable bonds is 6. The van der Waals surface area contributed by atoms with Crippen LogP contribution < -0.4 is 10.6 Å². The van der Waals surface area contributed by atoms with Gasteiger partial charge >= 0.3 is 12.0 Å². The van der Waals surface area contributed by atoms with Gasteiger partial charge in [0.2, 0.25) is 0 Å². The molecule has 1 atom stereocenters. The molecule has 0 spiro atoms. The number of aliphatic carboxylic acids is 1. The molecule has 0 aliphatic heterocycles. The van der Waals surface area contributed by atoms with Crippen molar-refractivity contribution in [3.8, 4) is 0 Å². The zero-order valence-corrected chi connectivity index (χ0v) is 12.6. The summed E-state index contributed by atoms with van der Waals surface area (Å²) >= 11 is 0. The third-order valence-corrected chi connectivity index (χ3v) is 3.93. The molecular weight excluding hydrogens is 272 g/mol. The first kappa shape index (κ1) is 15.3. The molecule has 3 N–H and O–H groups in total. The normalized spacial score (nSPS) is 17.1. The summed E-state index contributed by atoms with van der Waals surface area (Å²) in [5.74, 6) is -0.973. The molecule has 0 saturated heterocycles. The van der Waals surface area contributed by atoms with Crippen LogP contribution >= 0.6 is 0 Å². The second kappa shape index (κ2) is 5.75. The topological polar surface area (TPSA) is 96.3 Å². The fraction of sp³-hybridized carbons (Fsp3) is 0.643. The molecule has 1 unspecified atom stereocenters. The van der Waals surface area contributed by atoms with E-state index in [1.54, 1.807) is 6.92 Å². The molecular formula is C14H22N4O3. The Hall–Kier alpha value is -2.05. The second-order valence-corrected chi connectivity index (χ2v) is 5.68. The Kier molecular flexibility index (Phi) is 4.20. The number of amides is 2. The number of hydrogen-bond donors (Lipinski definition) is 3. The van der Waals surface area contributed by atoms with Gasteiger partial charge < -0.3 is 15.7 Å². The van der Waals surface area contributed by atoms with Crippen molar-refractivity contribution in [1.82, 2.24) is 20.4 Å². The van der Waals surface area contributed by atoms with Crippen LogP contribution in [0.5, 0.6) is 0 Å². The number of carboxylic acids is 1. The third-order valence-electron chi connectivity index (χ3n) is 3.93. The molecule has 21 heavy (non-hydrogen) atoms. The highest BCUT2D eigenvalue weighted by Crippen LogP contribution is 2.39. The van der Waals surface area contributed by atoms with Gasteiger partial charge in [-0.3, -0.25) is 4.68 Å². The van der Waals surface area contributed by atoms with Crippen LogP contribution in [0.25, 0.3) is 0 Å². The Labute approximate surface area is 123 Å². The largest absolute Gasteiger partial charge is 0.480 e. The predicted octanol–water partition coefficient (Wildman–Crippen LogP) is 1.26. The van der Waals surface area contributed by atoms with Crippen molar-refractivity contribution in [3.05, 3.63) is 17.5 Å². The first-order valence-electron chi connectivity index (χ1n) is 7.19. The highest BCUT2D eigenvalue weighted by atomic mass is 16.4. The van der Waals surface area contributed by atoms with E-state index in [9.17, 15) is 14.7 Å². The van der Waals surface area contributed by atoms with Gasteiger partial charge in [-0.15, -0.1) is 0 Å². The monoisotopic (exact) mass is 294 g/mol. The van der Waals surface area contributed by atoms with E-state index in [0.717, 1.165) is 30.8 Å². The van der Waals surface area contributed by atoms with Crippen LogP contribution in [-0.4, -0.2) is 32.4 Å².